The van der Waals surface area contributed by atoms with E-state index in [9.17, 15) is 4.39 Å². The predicted octanol–water partition coefficient (Wildman–Crippen LogP) is 3.98. The summed E-state index contributed by atoms with van der Waals surface area (Å²) in [6.07, 6.45) is 2.46. The second-order valence-corrected chi connectivity index (χ2v) is 7.37. The highest BCUT2D eigenvalue weighted by Crippen LogP contribution is 2.43. The number of halogens is 1. The third-order valence-corrected chi connectivity index (χ3v) is 5.44. The van der Waals surface area contributed by atoms with Crippen LogP contribution in [0.2, 0.25) is 0 Å². The fourth-order valence-electron chi connectivity index (χ4n) is 3.90. The monoisotopic (exact) mass is 346 g/mol. The van der Waals surface area contributed by atoms with E-state index in [0.717, 1.165) is 18.6 Å². The zero-order chi connectivity index (χ0) is 17.7. The van der Waals surface area contributed by atoms with Gasteiger partial charge in [-0.1, -0.05) is 18.2 Å². The Morgan fingerprint density at radius 1 is 1.15 bits per heavy atom. The van der Waals surface area contributed by atoms with E-state index in [-0.39, 0.29) is 5.82 Å². The second-order valence-electron chi connectivity index (χ2n) is 7.37. The number of nitrogens with zero attached hydrogens (tertiary/aromatic N) is 4. The van der Waals surface area contributed by atoms with Gasteiger partial charge in [-0.3, -0.25) is 4.90 Å². The number of hydrogen-bond donors (Lipinski definition) is 0. The minimum atomic E-state index is -0.292. The Hall–Kier alpha value is -2.71. The van der Waals surface area contributed by atoms with Crippen LogP contribution >= 0.6 is 0 Å². The second kappa shape index (κ2) is 5.93. The van der Waals surface area contributed by atoms with Gasteiger partial charge in [-0.25, -0.2) is 9.37 Å². The van der Waals surface area contributed by atoms with Crippen molar-refractivity contribution in [3.8, 4) is 6.07 Å². The summed E-state index contributed by atoms with van der Waals surface area (Å²) in [6, 6.07) is 15.5. The van der Waals surface area contributed by atoms with Crippen LogP contribution in [0.3, 0.4) is 0 Å². The zero-order valence-electron chi connectivity index (χ0n) is 14.4. The molecule has 2 fully saturated rings. The van der Waals surface area contributed by atoms with Crippen LogP contribution in [-0.4, -0.2) is 27.5 Å². The van der Waals surface area contributed by atoms with Crippen molar-refractivity contribution in [2.75, 3.05) is 13.1 Å². The lowest BCUT2D eigenvalue weighted by Gasteiger charge is -2.41. The minimum absolute atomic E-state index is 0.292. The lowest BCUT2D eigenvalue weighted by Crippen LogP contribution is -2.47. The molecule has 1 aliphatic carbocycles. The van der Waals surface area contributed by atoms with Gasteiger partial charge in [0.25, 0.3) is 0 Å². The number of para-hydroxylation sites is 2. The van der Waals surface area contributed by atoms with Crippen LogP contribution < -0.4 is 0 Å². The van der Waals surface area contributed by atoms with Crippen molar-refractivity contribution in [3.05, 3.63) is 65.2 Å². The van der Waals surface area contributed by atoms with Gasteiger partial charge < -0.3 is 4.57 Å². The molecule has 0 radical (unpaired) electrons. The van der Waals surface area contributed by atoms with E-state index >= 15 is 0 Å². The number of nitriles is 1. The molecule has 2 heterocycles. The van der Waals surface area contributed by atoms with Crippen molar-refractivity contribution in [1.82, 2.24) is 14.5 Å². The van der Waals surface area contributed by atoms with Gasteiger partial charge in [0.15, 0.2) is 0 Å². The van der Waals surface area contributed by atoms with E-state index in [1.807, 2.05) is 12.1 Å². The normalized spacial score (nSPS) is 18.0. The summed E-state index contributed by atoms with van der Waals surface area (Å²) in [7, 11) is 0. The van der Waals surface area contributed by atoms with E-state index in [4.69, 9.17) is 10.2 Å². The first-order chi connectivity index (χ1) is 12.7. The van der Waals surface area contributed by atoms with Crippen molar-refractivity contribution in [2.24, 2.45) is 0 Å². The van der Waals surface area contributed by atoms with Gasteiger partial charge in [0.1, 0.15) is 11.6 Å². The Kier molecular flexibility index (Phi) is 3.54. The number of benzene rings is 2. The molecule has 4 nitrogen and oxygen atoms in total. The molecule has 0 amide bonds. The van der Waals surface area contributed by atoms with Gasteiger partial charge in [0.2, 0.25) is 0 Å². The summed E-state index contributed by atoms with van der Waals surface area (Å²) in [5, 5.41) is 8.86. The van der Waals surface area contributed by atoms with Gasteiger partial charge in [0, 0.05) is 31.1 Å². The van der Waals surface area contributed by atoms with Crippen LogP contribution in [0.25, 0.3) is 11.0 Å². The molecule has 2 aromatic carbocycles. The Morgan fingerprint density at radius 3 is 2.69 bits per heavy atom. The molecule has 2 aliphatic rings. The van der Waals surface area contributed by atoms with Crippen LogP contribution in [0.5, 0.6) is 0 Å². The number of imidazole rings is 1. The summed E-state index contributed by atoms with van der Waals surface area (Å²) in [5.41, 5.74) is 3.31. The lowest BCUT2D eigenvalue weighted by molar-refractivity contribution is 0.0982. The van der Waals surface area contributed by atoms with Gasteiger partial charge in [-0.15, -0.1) is 0 Å². The maximum atomic E-state index is 14.1. The molecule has 0 unspecified atom stereocenters. The maximum absolute atomic E-state index is 14.1. The third-order valence-electron chi connectivity index (χ3n) is 5.44. The Bertz CT molecular complexity index is 1020. The molecular formula is C21H19FN4. The molecule has 26 heavy (non-hydrogen) atoms. The molecular weight excluding hydrogens is 327 g/mol. The zero-order valence-corrected chi connectivity index (χ0v) is 14.4. The Morgan fingerprint density at radius 2 is 1.96 bits per heavy atom. The fourth-order valence-corrected chi connectivity index (χ4v) is 3.90. The first-order valence-corrected chi connectivity index (χ1v) is 9.10. The Balaban J connectivity index is 1.35. The first-order valence-electron chi connectivity index (χ1n) is 9.10. The molecule has 0 N–H and O–H groups in total. The van der Waals surface area contributed by atoms with Gasteiger partial charge in [-0.2, -0.15) is 5.26 Å². The van der Waals surface area contributed by atoms with E-state index in [2.05, 4.69) is 27.7 Å². The minimum Gasteiger partial charge on any atom is -0.322 e. The summed E-state index contributed by atoms with van der Waals surface area (Å²) in [6.45, 7) is 2.39. The molecule has 5 rings (SSSR count). The van der Waals surface area contributed by atoms with Crippen molar-refractivity contribution >= 4 is 11.0 Å². The molecule has 0 bridgehead atoms. The Labute approximate surface area is 151 Å². The highest BCUT2D eigenvalue weighted by Gasteiger charge is 2.36. The molecule has 0 spiro atoms. The van der Waals surface area contributed by atoms with Crippen molar-refractivity contribution in [1.29, 1.82) is 5.26 Å². The van der Waals surface area contributed by atoms with Crippen molar-refractivity contribution < 1.29 is 4.39 Å². The quantitative estimate of drug-likeness (QED) is 0.718. The number of hydrogen-bond acceptors (Lipinski definition) is 3. The molecule has 0 atom stereocenters. The van der Waals surface area contributed by atoms with Crippen LogP contribution in [0, 0.1) is 17.1 Å². The van der Waals surface area contributed by atoms with E-state index < -0.39 is 0 Å². The number of aromatic nitrogens is 2. The van der Waals surface area contributed by atoms with Gasteiger partial charge in [-0.05, 0) is 37.1 Å². The highest BCUT2D eigenvalue weighted by atomic mass is 19.1. The highest BCUT2D eigenvalue weighted by molar-refractivity contribution is 5.76. The topological polar surface area (TPSA) is 44.9 Å². The van der Waals surface area contributed by atoms with Crippen LogP contribution in [-0.2, 0) is 6.54 Å². The number of rotatable bonds is 4. The predicted molar refractivity (Wildman–Crippen MR) is 97.1 cm³/mol. The van der Waals surface area contributed by atoms with E-state index in [1.165, 1.54) is 30.2 Å². The van der Waals surface area contributed by atoms with Crippen LogP contribution in [0.4, 0.5) is 4.39 Å². The molecule has 5 heteroatoms. The summed E-state index contributed by atoms with van der Waals surface area (Å²) in [5.74, 6) is 1.53. The van der Waals surface area contributed by atoms with Crippen molar-refractivity contribution in [3.63, 3.8) is 0 Å². The lowest BCUT2D eigenvalue weighted by atomic mass is 10.0. The van der Waals surface area contributed by atoms with Crippen LogP contribution in [0.1, 0.15) is 41.8 Å². The molecule has 1 saturated heterocycles. The SMILES string of the molecule is N#Cc1ccc(CN2CC(n3c(C4CC4)nc4ccccc43)C2)c(F)c1. The number of likely N-dealkylation sites (tertiary alicyclic amines) is 1. The van der Waals surface area contributed by atoms with E-state index in [1.54, 1.807) is 12.1 Å². The maximum Gasteiger partial charge on any atom is 0.129 e. The standard InChI is InChI=1S/C21H19FN4/c22-18-9-14(10-23)5-6-16(18)11-25-12-17(13-25)26-20-4-2-1-3-19(20)24-21(26)15-7-8-15/h1-6,9,15,17H,7-8,11-13H2. The van der Waals surface area contributed by atoms with Crippen molar-refractivity contribution in [2.45, 2.75) is 31.3 Å². The third kappa shape index (κ3) is 2.58. The average molecular weight is 346 g/mol. The largest absolute Gasteiger partial charge is 0.322 e. The summed E-state index contributed by atoms with van der Waals surface area (Å²) in [4.78, 5) is 7.12. The van der Waals surface area contributed by atoms with Gasteiger partial charge >= 0.3 is 0 Å². The molecule has 3 aromatic rings. The molecule has 130 valence electrons. The summed E-state index contributed by atoms with van der Waals surface area (Å²) >= 11 is 0. The summed E-state index contributed by atoms with van der Waals surface area (Å²) < 4.78 is 16.5. The van der Waals surface area contributed by atoms with Gasteiger partial charge in [0.05, 0.1) is 28.7 Å². The first kappa shape index (κ1) is 15.5. The van der Waals surface area contributed by atoms with E-state index in [0.29, 0.717) is 29.6 Å². The average Bonchev–Trinajstić information content (AvgIpc) is 3.40. The number of fused-ring (bicyclic) bond motifs is 1. The smallest absolute Gasteiger partial charge is 0.129 e. The molecule has 1 saturated carbocycles. The van der Waals surface area contributed by atoms with Crippen LogP contribution in [0.15, 0.2) is 42.5 Å². The molecule has 1 aromatic heterocycles. The fraction of sp³-hybridized carbons (Fsp3) is 0.333. The molecule has 1 aliphatic heterocycles.